The summed E-state index contributed by atoms with van der Waals surface area (Å²) in [6.07, 6.45) is 0. The van der Waals surface area contributed by atoms with E-state index in [1.165, 1.54) is 22.5 Å². The summed E-state index contributed by atoms with van der Waals surface area (Å²) in [7, 11) is 0. The van der Waals surface area contributed by atoms with Crippen molar-refractivity contribution in [2.75, 3.05) is 12.4 Å². The van der Waals surface area contributed by atoms with Crippen LogP contribution >= 0.6 is 11.8 Å². The number of amides is 1. The third kappa shape index (κ3) is 5.29. The lowest BCUT2D eigenvalue weighted by Crippen LogP contribution is -2.28. The average Bonchev–Trinajstić information content (AvgIpc) is 3.28. The van der Waals surface area contributed by atoms with Gasteiger partial charge < -0.3 is 14.6 Å². The van der Waals surface area contributed by atoms with E-state index in [2.05, 4.69) is 45.8 Å². The summed E-state index contributed by atoms with van der Waals surface area (Å²) in [6, 6.07) is 22.0. The summed E-state index contributed by atoms with van der Waals surface area (Å²) in [6.45, 7) is 4.48. The molecule has 0 fully saturated rings. The summed E-state index contributed by atoms with van der Waals surface area (Å²) in [5.74, 6) is 2.42. The highest BCUT2D eigenvalue weighted by Gasteiger charge is 2.14. The van der Waals surface area contributed by atoms with Crippen molar-refractivity contribution in [1.82, 2.24) is 15.5 Å². The van der Waals surface area contributed by atoms with Gasteiger partial charge in [0.2, 0.25) is 17.6 Å². The Kier molecular flexibility index (Phi) is 7.07. The van der Waals surface area contributed by atoms with Gasteiger partial charge in [-0.05, 0) is 48.4 Å². The molecule has 0 aliphatic carbocycles. The number of hydrogen-bond acceptors (Lipinski definition) is 6. The molecule has 1 heterocycles. The number of fused-ring (bicyclic) bond motifs is 1. The van der Waals surface area contributed by atoms with Crippen molar-refractivity contribution in [3.8, 4) is 17.1 Å². The van der Waals surface area contributed by atoms with Crippen molar-refractivity contribution in [2.24, 2.45) is 0 Å². The maximum absolute atomic E-state index is 12.4. The quantitative estimate of drug-likeness (QED) is 0.370. The van der Waals surface area contributed by atoms with Crippen LogP contribution in [0.2, 0.25) is 0 Å². The second kappa shape index (κ2) is 10.3. The molecule has 4 rings (SSSR count). The number of nitrogens with one attached hydrogen (secondary N) is 1. The predicted molar refractivity (Wildman–Crippen MR) is 128 cm³/mol. The number of hydrogen-bond donors (Lipinski definition) is 1. The summed E-state index contributed by atoms with van der Waals surface area (Å²) < 4.78 is 11.0. The lowest BCUT2D eigenvalue weighted by atomic mass is 10.0. The van der Waals surface area contributed by atoms with E-state index in [1.807, 2.05) is 50.2 Å². The Morgan fingerprint density at radius 2 is 1.88 bits per heavy atom. The third-order valence-electron chi connectivity index (χ3n) is 5.01. The molecule has 6 nitrogen and oxygen atoms in total. The Labute approximate surface area is 191 Å². The Balaban J connectivity index is 1.29. The second-order valence-electron chi connectivity index (χ2n) is 7.33. The average molecular weight is 448 g/mol. The van der Waals surface area contributed by atoms with Gasteiger partial charge in [-0.3, -0.25) is 4.79 Å². The molecule has 0 saturated carbocycles. The predicted octanol–water partition coefficient (Wildman–Crippen LogP) is 5.40. The molecule has 0 bridgehead atoms. The van der Waals surface area contributed by atoms with Crippen LogP contribution < -0.4 is 10.1 Å². The van der Waals surface area contributed by atoms with Crippen molar-refractivity contribution in [3.05, 3.63) is 78.2 Å². The Hall–Kier alpha value is -3.32. The molecular formula is C25H25N3O3S. The molecule has 0 spiro atoms. The number of thioether (sulfide) groups is 1. The second-order valence-corrected chi connectivity index (χ2v) is 8.32. The zero-order valence-electron chi connectivity index (χ0n) is 18.1. The highest BCUT2D eigenvalue weighted by atomic mass is 32.2. The van der Waals surface area contributed by atoms with Gasteiger partial charge in [-0.15, -0.1) is 11.8 Å². The maximum Gasteiger partial charge on any atom is 0.236 e. The molecule has 7 heteroatoms. The first-order valence-electron chi connectivity index (χ1n) is 10.5. The van der Waals surface area contributed by atoms with Crippen molar-refractivity contribution < 1.29 is 14.1 Å². The molecule has 4 aromatic rings. The highest BCUT2D eigenvalue weighted by Crippen LogP contribution is 2.28. The standard InChI is InChI=1S/C25H25N3O3S/c1-3-30-22-11-7-6-10-21(22)25-27-24(31-28-25)16-32-15-23(29)26-17(2)19-13-12-18-8-4-5-9-20(18)14-19/h4-14,17H,3,15-16H2,1-2H3,(H,26,29)/t17-/m0/s1. The van der Waals surface area contributed by atoms with Gasteiger partial charge in [-0.1, -0.05) is 53.7 Å². The molecule has 3 aromatic carbocycles. The number of carbonyl (C=O) groups excluding carboxylic acids is 1. The van der Waals surface area contributed by atoms with E-state index in [9.17, 15) is 4.79 Å². The molecule has 1 aromatic heterocycles. The molecule has 1 amide bonds. The van der Waals surface area contributed by atoms with E-state index >= 15 is 0 Å². The smallest absolute Gasteiger partial charge is 0.236 e. The van der Waals surface area contributed by atoms with Crippen LogP contribution in [0.5, 0.6) is 5.75 Å². The van der Waals surface area contributed by atoms with Crippen LogP contribution in [0.15, 0.2) is 71.3 Å². The number of para-hydroxylation sites is 1. The zero-order chi connectivity index (χ0) is 22.3. The molecule has 0 radical (unpaired) electrons. The van der Waals surface area contributed by atoms with Gasteiger partial charge in [0.05, 0.1) is 29.7 Å². The van der Waals surface area contributed by atoms with E-state index in [0.717, 1.165) is 16.9 Å². The van der Waals surface area contributed by atoms with Gasteiger partial charge in [0.15, 0.2) is 0 Å². The summed E-state index contributed by atoms with van der Waals surface area (Å²) >= 11 is 1.44. The SMILES string of the molecule is CCOc1ccccc1-c1noc(CSCC(=O)N[C@@H](C)c2ccc3ccccc3c2)n1. The van der Waals surface area contributed by atoms with Gasteiger partial charge in [-0.2, -0.15) is 4.98 Å². The number of nitrogens with zero attached hydrogens (tertiary/aromatic N) is 2. The van der Waals surface area contributed by atoms with Gasteiger partial charge in [0.25, 0.3) is 0 Å². The molecule has 0 aliphatic heterocycles. The summed E-state index contributed by atoms with van der Waals surface area (Å²) in [5.41, 5.74) is 1.87. The zero-order valence-corrected chi connectivity index (χ0v) is 18.9. The van der Waals surface area contributed by atoms with E-state index in [4.69, 9.17) is 9.26 Å². The van der Waals surface area contributed by atoms with Gasteiger partial charge in [0, 0.05) is 0 Å². The van der Waals surface area contributed by atoms with Gasteiger partial charge in [-0.25, -0.2) is 0 Å². The minimum atomic E-state index is -0.0715. The first-order valence-corrected chi connectivity index (χ1v) is 11.7. The summed E-state index contributed by atoms with van der Waals surface area (Å²) in [5, 5.41) is 9.47. The number of ether oxygens (including phenoxy) is 1. The van der Waals surface area contributed by atoms with Crippen molar-refractivity contribution in [1.29, 1.82) is 0 Å². The fourth-order valence-corrected chi connectivity index (χ4v) is 4.09. The number of benzene rings is 3. The van der Waals surface area contributed by atoms with Crippen molar-refractivity contribution in [3.63, 3.8) is 0 Å². The molecule has 164 valence electrons. The van der Waals surface area contributed by atoms with Crippen molar-refractivity contribution in [2.45, 2.75) is 25.6 Å². The number of rotatable bonds is 9. The Morgan fingerprint density at radius 3 is 2.72 bits per heavy atom. The van der Waals surface area contributed by atoms with Crippen LogP contribution in [-0.4, -0.2) is 28.4 Å². The molecule has 1 N–H and O–H groups in total. The number of carbonyl (C=O) groups is 1. The Bertz CT molecular complexity index is 1210. The largest absolute Gasteiger partial charge is 0.493 e. The molecular weight excluding hydrogens is 422 g/mol. The topological polar surface area (TPSA) is 77.2 Å². The highest BCUT2D eigenvalue weighted by molar-refractivity contribution is 7.99. The normalized spacial score (nSPS) is 11.9. The van der Waals surface area contributed by atoms with E-state index < -0.39 is 0 Å². The van der Waals surface area contributed by atoms with Gasteiger partial charge >= 0.3 is 0 Å². The third-order valence-corrected chi connectivity index (χ3v) is 5.92. The van der Waals surface area contributed by atoms with Crippen LogP contribution in [0.4, 0.5) is 0 Å². The van der Waals surface area contributed by atoms with E-state index in [1.54, 1.807) is 0 Å². The maximum atomic E-state index is 12.4. The Morgan fingerprint density at radius 1 is 1.09 bits per heavy atom. The molecule has 32 heavy (non-hydrogen) atoms. The monoisotopic (exact) mass is 447 g/mol. The first-order chi connectivity index (χ1) is 15.6. The van der Waals surface area contributed by atoms with Crippen LogP contribution in [0, 0.1) is 0 Å². The van der Waals surface area contributed by atoms with Gasteiger partial charge in [0.1, 0.15) is 5.75 Å². The minimum absolute atomic E-state index is 0.0305. The molecule has 1 atom stereocenters. The van der Waals surface area contributed by atoms with Crippen molar-refractivity contribution >= 4 is 28.4 Å². The molecule has 0 aliphatic rings. The summed E-state index contributed by atoms with van der Waals surface area (Å²) in [4.78, 5) is 16.9. The fraction of sp³-hybridized carbons (Fsp3) is 0.240. The lowest BCUT2D eigenvalue weighted by molar-refractivity contribution is -0.119. The van der Waals surface area contributed by atoms with E-state index in [0.29, 0.717) is 29.8 Å². The van der Waals surface area contributed by atoms with E-state index in [-0.39, 0.29) is 11.9 Å². The molecule has 0 saturated heterocycles. The van der Waals surface area contributed by atoms with Crippen LogP contribution in [-0.2, 0) is 10.5 Å². The van der Waals surface area contributed by atoms with Crippen LogP contribution in [0.1, 0.15) is 31.3 Å². The number of aromatic nitrogens is 2. The fourth-order valence-electron chi connectivity index (χ4n) is 3.43. The van der Waals surface area contributed by atoms with Crippen LogP contribution in [0.25, 0.3) is 22.2 Å². The minimum Gasteiger partial charge on any atom is -0.493 e. The first kappa shape index (κ1) is 21.9. The lowest BCUT2D eigenvalue weighted by Gasteiger charge is -2.15. The van der Waals surface area contributed by atoms with Crippen LogP contribution in [0.3, 0.4) is 0 Å². The molecule has 0 unspecified atom stereocenters.